The average Bonchev–Trinajstić information content (AvgIpc) is 2.64. The van der Waals surface area contributed by atoms with Crippen molar-refractivity contribution in [1.29, 1.82) is 0 Å². The lowest BCUT2D eigenvalue weighted by molar-refractivity contribution is 0.249. The molecule has 3 rings (SSSR count). The Morgan fingerprint density at radius 3 is 2.78 bits per heavy atom. The lowest BCUT2D eigenvalue weighted by atomic mass is 10.0. The molecule has 0 radical (unpaired) electrons. The van der Waals surface area contributed by atoms with E-state index < -0.39 is 0 Å². The number of hydrogen-bond acceptors (Lipinski definition) is 3. The molecule has 0 saturated carbocycles. The van der Waals surface area contributed by atoms with E-state index in [1.807, 2.05) is 18.6 Å². The van der Waals surface area contributed by atoms with Crippen LogP contribution in [0.25, 0.3) is 5.70 Å². The van der Waals surface area contributed by atoms with Crippen molar-refractivity contribution >= 4 is 11.9 Å². The van der Waals surface area contributed by atoms with E-state index in [-0.39, 0.29) is 0 Å². The number of fused-ring (bicyclic) bond motifs is 1. The third-order valence-corrected chi connectivity index (χ3v) is 3.75. The van der Waals surface area contributed by atoms with Gasteiger partial charge < -0.3 is 9.80 Å². The maximum absolute atomic E-state index is 4.26. The van der Waals surface area contributed by atoms with Crippen LogP contribution in [0, 0.1) is 6.92 Å². The highest BCUT2D eigenvalue weighted by Gasteiger charge is 2.32. The Kier molecular flexibility index (Phi) is 2.47. The summed E-state index contributed by atoms with van der Waals surface area (Å²) in [5.41, 5.74) is 5.02. The highest BCUT2D eigenvalue weighted by Crippen LogP contribution is 2.36. The standard InChI is InChI=1S/C15H17N3/c1-11-6-4-5-7-13(11)15-14-10-16-8-9-18(14)12(2)17(15)3/h4-10,12H,1-3H3. The summed E-state index contributed by atoms with van der Waals surface area (Å²) >= 11 is 0. The fourth-order valence-corrected chi connectivity index (χ4v) is 2.60. The molecular weight excluding hydrogens is 222 g/mol. The van der Waals surface area contributed by atoms with E-state index in [1.165, 1.54) is 22.5 Å². The summed E-state index contributed by atoms with van der Waals surface area (Å²) in [7, 11) is 2.14. The van der Waals surface area contributed by atoms with E-state index in [2.05, 4.69) is 60.0 Å². The summed E-state index contributed by atoms with van der Waals surface area (Å²) in [5, 5.41) is 0. The molecule has 3 heteroatoms. The predicted octanol–water partition coefficient (Wildman–Crippen LogP) is 2.81. The average molecular weight is 239 g/mol. The van der Waals surface area contributed by atoms with Crippen molar-refractivity contribution in [3.8, 4) is 0 Å². The van der Waals surface area contributed by atoms with Crippen LogP contribution in [0.4, 0.5) is 0 Å². The summed E-state index contributed by atoms with van der Waals surface area (Å²) in [6.07, 6.45) is 6.16. The molecular formula is C15H17N3. The SMILES string of the molecule is Cc1ccccc1C1=C2C=NC=CN2C(C)N1C. The molecule has 2 aliphatic heterocycles. The van der Waals surface area contributed by atoms with Crippen LogP contribution in [0.15, 0.2) is 47.4 Å². The third-order valence-electron chi connectivity index (χ3n) is 3.75. The van der Waals surface area contributed by atoms with Gasteiger partial charge in [0.05, 0.1) is 17.6 Å². The first-order valence-corrected chi connectivity index (χ1v) is 6.21. The Balaban J connectivity index is 2.18. The minimum atomic E-state index is 0.331. The molecule has 18 heavy (non-hydrogen) atoms. The molecule has 0 N–H and O–H groups in total. The third kappa shape index (κ3) is 1.47. The number of hydrogen-bond donors (Lipinski definition) is 0. The van der Waals surface area contributed by atoms with Gasteiger partial charge >= 0.3 is 0 Å². The van der Waals surface area contributed by atoms with Gasteiger partial charge in [0.25, 0.3) is 0 Å². The molecule has 3 nitrogen and oxygen atoms in total. The minimum Gasteiger partial charge on any atom is -0.352 e. The molecule has 1 atom stereocenters. The number of allylic oxidation sites excluding steroid dienone is 1. The van der Waals surface area contributed by atoms with Crippen LogP contribution in [0.1, 0.15) is 18.1 Å². The van der Waals surface area contributed by atoms with Gasteiger partial charge in [0.15, 0.2) is 0 Å². The van der Waals surface area contributed by atoms with Gasteiger partial charge in [-0.2, -0.15) is 0 Å². The van der Waals surface area contributed by atoms with Gasteiger partial charge in [-0.3, -0.25) is 4.99 Å². The van der Waals surface area contributed by atoms with Gasteiger partial charge in [-0.15, -0.1) is 0 Å². The van der Waals surface area contributed by atoms with Crippen molar-refractivity contribution < 1.29 is 0 Å². The van der Waals surface area contributed by atoms with Gasteiger partial charge in [0.2, 0.25) is 0 Å². The summed E-state index contributed by atoms with van der Waals surface area (Å²) in [6, 6.07) is 8.50. The summed E-state index contributed by atoms with van der Waals surface area (Å²) in [4.78, 5) is 8.83. The second-order valence-electron chi connectivity index (χ2n) is 4.78. The van der Waals surface area contributed by atoms with Gasteiger partial charge in [0.1, 0.15) is 6.17 Å². The molecule has 0 aromatic heterocycles. The first-order valence-electron chi connectivity index (χ1n) is 6.21. The number of benzene rings is 1. The molecule has 1 aromatic rings. The molecule has 0 saturated heterocycles. The highest BCUT2D eigenvalue weighted by atomic mass is 15.4. The maximum Gasteiger partial charge on any atom is 0.103 e. The van der Waals surface area contributed by atoms with Crippen LogP contribution in [-0.2, 0) is 0 Å². The topological polar surface area (TPSA) is 18.8 Å². The van der Waals surface area contributed by atoms with Crippen LogP contribution in [0.3, 0.4) is 0 Å². The molecule has 1 aromatic carbocycles. The monoisotopic (exact) mass is 239 g/mol. The summed E-state index contributed by atoms with van der Waals surface area (Å²) < 4.78 is 0. The predicted molar refractivity (Wildman–Crippen MR) is 74.8 cm³/mol. The Labute approximate surface area is 108 Å². The zero-order chi connectivity index (χ0) is 12.7. The van der Waals surface area contributed by atoms with Crippen LogP contribution in [0.5, 0.6) is 0 Å². The lowest BCUT2D eigenvalue weighted by Crippen LogP contribution is -2.32. The van der Waals surface area contributed by atoms with Crippen LogP contribution in [0.2, 0.25) is 0 Å². The number of nitrogens with zero attached hydrogens (tertiary/aromatic N) is 3. The first-order chi connectivity index (χ1) is 8.70. The molecule has 1 unspecified atom stereocenters. The highest BCUT2D eigenvalue weighted by molar-refractivity contribution is 5.93. The van der Waals surface area contributed by atoms with Gasteiger partial charge in [-0.05, 0) is 19.4 Å². The van der Waals surface area contributed by atoms with Crippen molar-refractivity contribution in [2.24, 2.45) is 4.99 Å². The van der Waals surface area contributed by atoms with Gasteiger partial charge in [-0.1, -0.05) is 24.3 Å². The zero-order valence-corrected chi connectivity index (χ0v) is 11.0. The molecule has 0 spiro atoms. The van der Waals surface area contributed by atoms with E-state index in [0.29, 0.717) is 6.17 Å². The summed E-state index contributed by atoms with van der Waals surface area (Å²) in [5.74, 6) is 0. The summed E-state index contributed by atoms with van der Waals surface area (Å²) in [6.45, 7) is 4.36. The molecule has 92 valence electrons. The number of aryl methyl sites for hydroxylation is 1. The van der Waals surface area contributed by atoms with Crippen molar-refractivity contribution in [1.82, 2.24) is 9.80 Å². The number of rotatable bonds is 1. The van der Waals surface area contributed by atoms with E-state index >= 15 is 0 Å². The fraction of sp³-hybridized carbons (Fsp3) is 0.267. The molecule has 0 fully saturated rings. The van der Waals surface area contributed by atoms with E-state index in [1.54, 1.807) is 0 Å². The van der Waals surface area contributed by atoms with Crippen molar-refractivity contribution in [2.45, 2.75) is 20.0 Å². The Morgan fingerprint density at radius 1 is 1.22 bits per heavy atom. The number of aliphatic imine (C=N–C) groups is 1. The maximum atomic E-state index is 4.26. The first kappa shape index (κ1) is 11.1. The molecule has 0 amide bonds. The zero-order valence-electron chi connectivity index (χ0n) is 11.0. The smallest absolute Gasteiger partial charge is 0.103 e. The van der Waals surface area contributed by atoms with Crippen LogP contribution >= 0.6 is 0 Å². The normalized spacial score (nSPS) is 21.8. The Morgan fingerprint density at radius 2 is 2.00 bits per heavy atom. The van der Waals surface area contributed by atoms with E-state index in [0.717, 1.165) is 0 Å². The van der Waals surface area contributed by atoms with Crippen molar-refractivity contribution in [2.75, 3.05) is 7.05 Å². The quantitative estimate of drug-likeness (QED) is 0.750. The largest absolute Gasteiger partial charge is 0.352 e. The van der Waals surface area contributed by atoms with Crippen molar-refractivity contribution in [3.63, 3.8) is 0 Å². The lowest BCUT2D eigenvalue weighted by Gasteiger charge is -2.27. The van der Waals surface area contributed by atoms with E-state index in [9.17, 15) is 0 Å². The van der Waals surface area contributed by atoms with Crippen LogP contribution < -0.4 is 0 Å². The molecule has 0 bridgehead atoms. The minimum absolute atomic E-state index is 0.331. The van der Waals surface area contributed by atoms with E-state index in [4.69, 9.17) is 0 Å². The van der Waals surface area contributed by atoms with Gasteiger partial charge in [-0.25, -0.2) is 0 Å². The molecule has 0 aliphatic carbocycles. The second kappa shape index (κ2) is 4.02. The second-order valence-corrected chi connectivity index (χ2v) is 4.78. The van der Waals surface area contributed by atoms with Crippen LogP contribution in [-0.4, -0.2) is 29.2 Å². The molecule has 2 aliphatic rings. The Hall–Kier alpha value is -2.03. The fourth-order valence-electron chi connectivity index (χ4n) is 2.60. The van der Waals surface area contributed by atoms with Gasteiger partial charge in [0, 0.05) is 25.0 Å². The van der Waals surface area contributed by atoms with Crippen molar-refractivity contribution in [3.05, 3.63) is 53.5 Å². The molecule has 2 heterocycles. The Bertz CT molecular complexity index is 569.